The Bertz CT molecular complexity index is 971. The van der Waals surface area contributed by atoms with E-state index < -0.39 is 0 Å². The van der Waals surface area contributed by atoms with E-state index in [-0.39, 0.29) is 11.7 Å². The molecule has 1 aliphatic rings. The predicted octanol–water partition coefficient (Wildman–Crippen LogP) is 3.11. The maximum Gasteiger partial charge on any atom is 0.294 e. The van der Waals surface area contributed by atoms with E-state index in [1.54, 1.807) is 16.9 Å². The van der Waals surface area contributed by atoms with Crippen molar-refractivity contribution in [1.82, 2.24) is 19.8 Å². The summed E-state index contributed by atoms with van der Waals surface area (Å²) >= 11 is 0. The maximum absolute atomic E-state index is 12.5. The van der Waals surface area contributed by atoms with Crippen molar-refractivity contribution in [2.75, 3.05) is 31.6 Å². The minimum absolute atomic E-state index is 0.147. The molecule has 0 bridgehead atoms. The Kier molecular flexibility index (Phi) is 5.62. The zero-order valence-electron chi connectivity index (χ0n) is 16.7. The minimum Gasteiger partial charge on any atom is -0.492 e. The first-order valence-corrected chi connectivity index (χ1v) is 9.82. The number of ether oxygens (including phenoxy) is 1. The fourth-order valence-corrected chi connectivity index (χ4v) is 3.39. The van der Waals surface area contributed by atoms with E-state index in [2.05, 4.69) is 20.5 Å². The van der Waals surface area contributed by atoms with Gasteiger partial charge in [0.2, 0.25) is 5.76 Å². The molecule has 4 rings (SSSR count). The molecule has 152 valence electrons. The summed E-state index contributed by atoms with van der Waals surface area (Å²) in [7, 11) is 1.85. The average Bonchev–Trinajstić information content (AvgIpc) is 3.46. The van der Waals surface area contributed by atoms with Gasteiger partial charge in [0.15, 0.2) is 0 Å². The van der Waals surface area contributed by atoms with Crippen LogP contribution < -0.4 is 10.1 Å². The second-order valence-electron chi connectivity index (χ2n) is 7.22. The zero-order chi connectivity index (χ0) is 20.2. The Balaban J connectivity index is 1.32. The van der Waals surface area contributed by atoms with Gasteiger partial charge in [0.25, 0.3) is 5.91 Å². The SMILES string of the molecule is Cc1c(-c2cc(C(=O)Nc3ccc(OCCN4CCCC4)cc3)on2)cnn1C. The lowest BCUT2D eigenvalue weighted by Gasteiger charge is -2.15. The molecule has 1 aliphatic heterocycles. The number of hydrogen-bond donors (Lipinski definition) is 1. The summed E-state index contributed by atoms with van der Waals surface area (Å²) in [6.45, 7) is 5.88. The molecule has 0 unspecified atom stereocenters. The molecule has 2 aromatic heterocycles. The molecule has 0 spiro atoms. The summed E-state index contributed by atoms with van der Waals surface area (Å²) in [5, 5.41) is 11.0. The van der Waals surface area contributed by atoms with Crippen molar-refractivity contribution in [1.29, 1.82) is 0 Å². The van der Waals surface area contributed by atoms with Crippen molar-refractivity contribution in [3.05, 3.63) is 48.0 Å². The van der Waals surface area contributed by atoms with Crippen molar-refractivity contribution in [3.63, 3.8) is 0 Å². The number of amides is 1. The highest BCUT2D eigenvalue weighted by Gasteiger charge is 2.17. The van der Waals surface area contributed by atoms with E-state index in [9.17, 15) is 4.79 Å². The Morgan fingerprint density at radius 3 is 2.69 bits per heavy atom. The molecule has 1 N–H and O–H groups in total. The highest BCUT2D eigenvalue weighted by molar-refractivity contribution is 6.02. The van der Waals surface area contributed by atoms with Gasteiger partial charge in [-0.2, -0.15) is 5.10 Å². The quantitative estimate of drug-likeness (QED) is 0.662. The minimum atomic E-state index is -0.354. The van der Waals surface area contributed by atoms with Crippen molar-refractivity contribution >= 4 is 11.6 Å². The second-order valence-corrected chi connectivity index (χ2v) is 7.22. The van der Waals surface area contributed by atoms with Gasteiger partial charge in [-0.1, -0.05) is 5.16 Å². The molecule has 8 heteroatoms. The van der Waals surface area contributed by atoms with Crippen LogP contribution in [0.3, 0.4) is 0 Å². The van der Waals surface area contributed by atoms with Gasteiger partial charge in [0, 0.05) is 36.6 Å². The van der Waals surface area contributed by atoms with Gasteiger partial charge >= 0.3 is 0 Å². The first kappa shape index (κ1) is 19.2. The standard InChI is InChI=1S/C21H25N5O3/c1-15-18(14-22-25(15)2)19-13-20(29-24-19)21(27)23-16-5-7-17(8-6-16)28-12-11-26-9-3-4-10-26/h5-8,13-14H,3-4,9-12H2,1-2H3,(H,23,27). The number of anilines is 1. The summed E-state index contributed by atoms with van der Waals surface area (Å²) in [6.07, 6.45) is 4.27. The Morgan fingerprint density at radius 2 is 2.00 bits per heavy atom. The van der Waals surface area contributed by atoms with E-state index in [1.165, 1.54) is 12.8 Å². The molecule has 1 saturated heterocycles. The van der Waals surface area contributed by atoms with Gasteiger partial charge in [-0.3, -0.25) is 14.4 Å². The van der Waals surface area contributed by atoms with Crippen LogP contribution in [0.5, 0.6) is 5.75 Å². The number of nitrogens with one attached hydrogen (secondary N) is 1. The fraction of sp³-hybridized carbons (Fsp3) is 0.381. The summed E-state index contributed by atoms with van der Waals surface area (Å²) in [6, 6.07) is 8.95. The number of carbonyl (C=O) groups excluding carboxylic acids is 1. The Labute approximate surface area is 169 Å². The van der Waals surface area contributed by atoms with E-state index in [0.717, 1.165) is 36.6 Å². The van der Waals surface area contributed by atoms with Crippen LogP contribution in [0.1, 0.15) is 29.1 Å². The molecular weight excluding hydrogens is 370 g/mol. The maximum atomic E-state index is 12.5. The number of likely N-dealkylation sites (tertiary alicyclic amines) is 1. The molecule has 1 fully saturated rings. The van der Waals surface area contributed by atoms with Crippen LogP contribution in [-0.4, -0.2) is 52.0 Å². The third-order valence-electron chi connectivity index (χ3n) is 5.23. The summed E-state index contributed by atoms with van der Waals surface area (Å²) in [4.78, 5) is 14.9. The molecule has 1 aromatic carbocycles. The van der Waals surface area contributed by atoms with Gasteiger partial charge in [-0.25, -0.2) is 0 Å². The normalized spacial score (nSPS) is 14.3. The number of aromatic nitrogens is 3. The topological polar surface area (TPSA) is 85.4 Å². The highest BCUT2D eigenvalue weighted by atomic mass is 16.5. The van der Waals surface area contributed by atoms with Crippen LogP contribution in [0.25, 0.3) is 11.3 Å². The van der Waals surface area contributed by atoms with Gasteiger partial charge < -0.3 is 14.6 Å². The zero-order valence-corrected chi connectivity index (χ0v) is 16.7. The molecule has 29 heavy (non-hydrogen) atoms. The first-order chi connectivity index (χ1) is 14.1. The monoisotopic (exact) mass is 395 g/mol. The lowest BCUT2D eigenvalue weighted by Crippen LogP contribution is -2.25. The van der Waals surface area contributed by atoms with Crippen LogP contribution in [0.4, 0.5) is 5.69 Å². The summed E-state index contributed by atoms with van der Waals surface area (Å²) < 4.78 is 12.8. The molecule has 0 radical (unpaired) electrons. The van der Waals surface area contributed by atoms with E-state index in [1.807, 2.05) is 38.2 Å². The molecule has 0 saturated carbocycles. The first-order valence-electron chi connectivity index (χ1n) is 9.82. The van der Waals surface area contributed by atoms with Gasteiger partial charge in [-0.05, 0) is 57.1 Å². The van der Waals surface area contributed by atoms with Gasteiger partial charge in [-0.15, -0.1) is 0 Å². The second kappa shape index (κ2) is 8.48. The third-order valence-corrected chi connectivity index (χ3v) is 5.23. The largest absolute Gasteiger partial charge is 0.492 e. The van der Waals surface area contributed by atoms with Crippen LogP contribution in [-0.2, 0) is 7.05 Å². The highest BCUT2D eigenvalue weighted by Crippen LogP contribution is 2.23. The molecule has 3 heterocycles. The Hall–Kier alpha value is -3.13. The number of nitrogens with zero attached hydrogens (tertiary/aromatic N) is 4. The lowest BCUT2D eigenvalue weighted by molar-refractivity contribution is 0.0988. The molecule has 0 atom stereocenters. The molecule has 8 nitrogen and oxygen atoms in total. The molecule has 3 aromatic rings. The molecule has 1 amide bonds. The predicted molar refractivity (Wildman–Crippen MR) is 109 cm³/mol. The van der Waals surface area contributed by atoms with Gasteiger partial charge in [0.05, 0.1) is 6.20 Å². The van der Waals surface area contributed by atoms with E-state index >= 15 is 0 Å². The smallest absolute Gasteiger partial charge is 0.294 e. The molecule has 0 aliphatic carbocycles. The number of rotatable bonds is 7. The van der Waals surface area contributed by atoms with Crippen molar-refractivity contribution in [2.24, 2.45) is 7.05 Å². The fourth-order valence-electron chi connectivity index (χ4n) is 3.39. The van der Waals surface area contributed by atoms with Crippen LogP contribution >= 0.6 is 0 Å². The number of benzene rings is 1. The van der Waals surface area contributed by atoms with E-state index in [0.29, 0.717) is 18.0 Å². The van der Waals surface area contributed by atoms with Crippen molar-refractivity contribution in [2.45, 2.75) is 19.8 Å². The molecular formula is C21H25N5O3. The van der Waals surface area contributed by atoms with Crippen LogP contribution in [0, 0.1) is 6.92 Å². The number of aryl methyl sites for hydroxylation is 1. The summed E-state index contributed by atoms with van der Waals surface area (Å²) in [5.41, 5.74) is 3.04. The van der Waals surface area contributed by atoms with Crippen molar-refractivity contribution < 1.29 is 14.1 Å². The average molecular weight is 395 g/mol. The summed E-state index contributed by atoms with van der Waals surface area (Å²) in [5.74, 6) is 0.582. The number of hydrogen-bond acceptors (Lipinski definition) is 6. The Morgan fingerprint density at radius 1 is 1.24 bits per heavy atom. The van der Waals surface area contributed by atoms with Crippen molar-refractivity contribution in [3.8, 4) is 17.0 Å². The van der Waals surface area contributed by atoms with Crippen LogP contribution in [0.15, 0.2) is 41.1 Å². The van der Waals surface area contributed by atoms with Gasteiger partial charge in [0.1, 0.15) is 18.1 Å². The third kappa shape index (κ3) is 4.48. The lowest BCUT2D eigenvalue weighted by atomic mass is 10.2. The number of carbonyl (C=O) groups is 1. The van der Waals surface area contributed by atoms with E-state index in [4.69, 9.17) is 9.26 Å². The van der Waals surface area contributed by atoms with Crippen LogP contribution in [0.2, 0.25) is 0 Å².